The molecule has 0 bridgehead atoms. The van der Waals surface area contributed by atoms with Crippen LogP contribution in [0.2, 0.25) is 0 Å². The van der Waals surface area contributed by atoms with E-state index < -0.39 is 0 Å². The minimum atomic E-state index is 0.330. The molecule has 3 N–H and O–H groups in total. The van der Waals surface area contributed by atoms with Crippen molar-refractivity contribution in [2.75, 3.05) is 13.1 Å². The molecule has 1 heterocycles. The van der Waals surface area contributed by atoms with Crippen molar-refractivity contribution in [1.82, 2.24) is 9.84 Å². The van der Waals surface area contributed by atoms with Crippen LogP contribution in [0.5, 0.6) is 0 Å². The van der Waals surface area contributed by atoms with Crippen LogP contribution in [0.4, 0.5) is 0 Å². The molecule has 8 heavy (non-hydrogen) atoms. The molecule has 1 rings (SSSR count). The number of halogens is 1. The normalized spacial score (nSPS) is 29.6. The third-order valence-electron chi connectivity index (χ3n) is 1.38. The van der Waals surface area contributed by atoms with Crippen LogP contribution in [0.3, 0.4) is 0 Å². The zero-order valence-corrected chi connectivity index (χ0v) is 5.36. The third-order valence-corrected chi connectivity index (χ3v) is 1.66. The summed E-state index contributed by atoms with van der Waals surface area (Å²) in [7, 11) is 0. The SMILES string of the molecule is NN(Cl)C1CCNC1. The lowest BCUT2D eigenvalue weighted by molar-refractivity contribution is 0.372. The molecule has 0 aromatic heterocycles. The van der Waals surface area contributed by atoms with Gasteiger partial charge in [-0.2, -0.15) is 4.53 Å². The van der Waals surface area contributed by atoms with Crippen LogP contribution in [0.15, 0.2) is 0 Å². The summed E-state index contributed by atoms with van der Waals surface area (Å²) >= 11 is 5.46. The van der Waals surface area contributed by atoms with Gasteiger partial charge in [0.2, 0.25) is 0 Å². The fraction of sp³-hybridized carbons (Fsp3) is 1.00. The smallest absolute Gasteiger partial charge is 0.0542 e. The summed E-state index contributed by atoms with van der Waals surface area (Å²) in [5, 5.41) is 3.15. The van der Waals surface area contributed by atoms with E-state index in [0.717, 1.165) is 19.5 Å². The standard InChI is InChI=1S/C4H10ClN3/c5-8(6)4-1-2-7-3-4/h4,7H,1-3,6H2. The van der Waals surface area contributed by atoms with Crippen LogP contribution in [0, 0.1) is 0 Å². The molecule has 1 atom stereocenters. The van der Waals surface area contributed by atoms with Gasteiger partial charge in [0.15, 0.2) is 0 Å². The monoisotopic (exact) mass is 135 g/mol. The zero-order valence-electron chi connectivity index (χ0n) is 4.60. The number of hydrogen-bond donors (Lipinski definition) is 2. The van der Waals surface area contributed by atoms with Gasteiger partial charge in [-0.1, -0.05) is 0 Å². The minimum Gasteiger partial charge on any atom is -0.315 e. The lowest BCUT2D eigenvalue weighted by Gasteiger charge is -2.12. The largest absolute Gasteiger partial charge is 0.315 e. The molecule has 1 aliphatic rings. The average Bonchev–Trinajstić information content (AvgIpc) is 2.12. The Morgan fingerprint density at radius 2 is 2.50 bits per heavy atom. The maximum atomic E-state index is 5.46. The number of hydrazine groups is 1. The summed E-state index contributed by atoms with van der Waals surface area (Å²) in [5.41, 5.74) is 0. The first-order valence-corrected chi connectivity index (χ1v) is 3.05. The van der Waals surface area contributed by atoms with E-state index in [2.05, 4.69) is 5.32 Å². The fourth-order valence-corrected chi connectivity index (χ4v) is 1.02. The summed E-state index contributed by atoms with van der Waals surface area (Å²) in [4.78, 5) is 0. The summed E-state index contributed by atoms with van der Waals surface area (Å²) in [6.07, 6.45) is 1.06. The summed E-state index contributed by atoms with van der Waals surface area (Å²) < 4.78 is 1.25. The van der Waals surface area contributed by atoms with E-state index >= 15 is 0 Å². The maximum absolute atomic E-state index is 5.46. The van der Waals surface area contributed by atoms with Crippen LogP contribution in [0.1, 0.15) is 6.42 Å². The fourth-order valence-electron chi connectivity index (χ4n) is 0.850. The van der Waals surface area contributed by atoms with Crippen LogP contribution in [-0.2, 0) is 0 Å². The van der Waals surface area contributed by atoms with Gasteiger partial charge in [0.05, 0.1) is 6.04 Å². The molecular formula is C4H10ClN3. The highest BCUT2D eigenvalue weighted by Gasteiger charge is 2.17. The van der Waals surface area contributed by atoms with Gasteiger partial charge in [-0.05, 0) is 24.7 Å². The first-order chi connectivity index (χ1) is 3.80. The Bertz CT molecular complexity index is 69.7. The molecule has 48 valence electrons. The average molecular weight is 136 g/mol. The second-order valence-corrected chi connectivity index (χ2v) is 2.38. The van der Waals surface area contributed by atoms with Gasteiger partial charge in [0.25, 0.3) is 0 Å². The lowest BCUT2D eigenvalue weighted by atomic mass is 10.3. The molecule has 4 heteroatoms. The molecule has 0 aromatic carbocycles. The maximum Gasteiger partial charge on any atom is 0.0542 e. The van der Waals surface area contributed by atoms with Crippen molar-refractivity contribution in [1.29, 1.82) is 0 Å². The highest BCUT2D eigenvalue weighted by Crippen LogP contribution is 2.04. The van der Waals surface area contributed by atoms with E-state index in [1.165, 1.54) is 4.53 Å². The molecule has 3 nitrogen and oxygen atoms in total. The van der Waals surface area contributed by atoms with Crippen LogP contribution in [0.25, 0.3) is 0 Å². The summed E-state index contributed by atoms with van der Waals surface area (Å²) in [5.74, 6) is 5.26. The molecule has 0 amide bonds. The van der Waals surface area contributed by atoms with E-state index in [1.54, 1.807) is 0 Å². The van der Waals surface area contributed by atoms with Crippen molar-refractivity contribution in [3.05, 3.63) is 0 Å². The van der Waals surface area contributed by atoms with Crippen molar-refractivity contribution >= 4 is 11.8 Å². The molecule has 1 saturated heterocycles. The summed E-state index contributed by atoms with van der Waals surface area (Å²) in [6, 6.07) is 0.330. The molecular weight excluding hydrogens is 126 g/mol. The Labute approximate surface area is 53.9 Å². The number of rotatable bonds is 1. The van der Waals surface area contributed by atoms with Crippen molar-refractivity contribution in [2.24, 2.45) is 5.84 Å². The molecule has 1 aliphatic heterocycles. The lowest BCUT2D eigenvalue weighted by Crippen LogP contribution is -2.34. The number of nitrogens with two attached hydrogens (primary N) is 1. The van der Waals surface area contributed by atoms with E-state index in [4.69, 9.17) is 17.6 Å². The first-order valence-electron chi connectivity index (χ1n) is 2.71. The predicted octanol–water partition coefficient (Wildman–Crippen LogP) is -0.322. The number of nitrogens with zero attached hydrogens (tertiary/aromatic N) is 1. The predicted molar refractivity (Wildman–Crippen MR) is 33.2 cm³/mol. The van der Waals surface area contributed by atoms with E-state index in [-0.39, 0.29) is 0 Å². The molecule has 1 fully saturated rings. The number of hydrogen-bond acceptors (Lipinski definition) is 3. The Morgan fingerprint density at radius 1 is 1.75 bits per heavy atom. The van der Waals surface area contributed by atoms with Gasteiger partial charge >= 0.3 is 0 Å². The number of nitrogens with one attached hydrogen (secondary N) is 1. The summed E-state index contributed by atoms with van der Waals surface area (Å²) in [6.45, 7) is 1.95. The second-order valence-electron chi connectivity index (χ2n) is 1.99. The van der Waals surface area contributed by atoms with Gasteiger partial charge < -0.3 is 5.32 Å². The highest BCUT2D eigenvalue weighted by atomic mass is 35.5. The molecule has 0 radical (unpaired) electrons. The van der Waals surface area contributed by atoms with Gasteiger partial charge in [-0.15, -0.1) is 0 Å². The quantitative estimate of drug-likeness (QED) is 0.294. The molecule has 0 aromatic rings. The van der Waals surface area contributed by atoms with E-state index in [0.29, 0.717) is 6.04 Å². The second kappa shape index (κ2) is 2.64. The third kappa shape index (κ3) is 1.32. The van der Waals surface area contributed by atoms with Crippen LogP contribution in [-0.4, -0.2) is 23.7 Å². The van der Waals surface area contributed by atoms with Crippen molar-refractivity contribution in [3.8, 4) is 0 Å². The molecule has 0 aliphatic carbocycles. The van der Waals surface area contributed by atoms with Gasteiger partial charge in [-0.3, -0.25) is 5.84 Å². The van der Waals surface area contributed by atoms with Crippen LogP contribution < -0.4 is 11.2 Å². The Kier molecular flexibility index (Phi) is 2.08. The van der Waals surface area contributed by atoms with Crippen LogP contribution >= 0.6 is 11.8 Å². The molecule has 1 unspecified atom stereocenters. The zero-order chi connectivity index (χ0) is 5.98. The Balaban J connectivity index is 2.24. The van der Waals surface area contributed by atoms with Gasteiger partial charge in [0.1, 0.15) is 0 Å². The van der Waals surface area contributed by atoms with Crippen molar-refractivity contribution in [2.45, 2.75) is 12.5 Å². The van der Waals surface area contributed by atoms with Gasteiger partial charge in [0, 0.05) is 6.54 Å². The Morgan fingerprint density at radius 3 is 2.75 bits per heavy atom. The van der Waals surface area contributed by atoms with E-state index in [1.807, 2.05) is 0 Å². The van der Waals surface area contributed by atoms with Crippen molar-refractivity contribution < 1.29 is 0 Å². The van der Waals surface area contributed by atoms with Crippen molar-refractivity contribution in [3.63, 3.8) is 0 Å². The van der Waals surface area contributed by atoms with Gasteiger partial charge in [-0.25, -0.2) is 0 Å². The topological polar surface area (TPSA) is 41.3 Å². The molecule has 0 spiro atoms. The Hall–Kier alpha value is 0.170. The first kappa shape index (κ1) is 6.29. The highest BCUT2D eigenvalue weighted by molar-refractivity contribution is 6.13. The molecule has 0 saturated carbocycles. The van der Waals surface area contributed by atoms with E-state index in [9.17, 15) is 0 Å². The minimum absolute atomic E-state index is 0.330.